The van der Waals surface area contributed by atoms with Crippen molar-refractivity contribution >= 4 is 11.4 Å². The van der Waals surface area contributed by atoms with Gasteiger partial charge in [0.15, 0.2) is 0 Å². The summed E-state index contributed by atoms with van der Waals surface area (Å²) in [5.74, 6) is 0. The van der Waals surface area contributed by atoms with Crippen molar-refractivity contribution in [3.05, 3.63) is 97.1 Å². The fraction of sp³-hybridized carbons (Fsp3) is 0.167. The summed E-state index contributed by atoms with van der Waals surface area (Å²) in [5.41, 5.74) is 21.0. The van der Waals surface area contributed by atoms with Gasteiger partial charge in [-0.1, -0.05) is 36.4 Å². The molecule has 0 saturated carbocycles. The Bertz CT molecular complexity index is 772. The molecule has 0 unspecified atom stereocenters. The van der Waals surface area contributed by atoms with Crippen molar-refractivity contribution in [2.75, 3.05) is 11.5 Å². The van der Waals surface area contributed by atoms with E-state index in [0.717, 1.165) is 59.3 Å². The summed E-state index contributed by atoms with van der Waals surface area (Å²) in [6.45, 7) is 15.6. The zero-order valence-electron chi connectivity index (χ0n) is 15.4. The topological polar surface area (TPSA) is 52.0 Å². The molecule has 0 amide bonds. The van der Waals surface area contributed by atoms with Crippen LogP contribution in [0.4, 0.5) is 11.4 Å². The van der Waals surface area contributed by atoms with Crippen LogP contribution in [0, 0.1) is 0 Å². The van der Waals surface area contributed by atoms with Gasteiger partial charge in [0.25, 0.3) is 0 Å². The summed E-state index contributed by atoms with van der Waals surface area (Å²) < 4.78 is 0. The van der Waals surface area contributed by atoms with Crippen LogP contribution in [-0.2, 0) is 25.7 Å². The van der Waals surface area contributed by atoms with Gasteiger partial charge in [0.1, 0.15) is 0 Å². The second kappa shape index (κ2) is 8.91. The van der Waals surface area contributed by atoms with E-state index < -0.39 is 0 Å². The van der Waals surface area contributed by atoms with Gasteiger partial charge < -0.3 is 11.5 Å². The molecule has 2 rings (SSSR count). The van der Waals surface area contributed by atoms with Crippen LogP contribution in [0.5, 0.6) is 0 Å². The van der Waals surface area contributed by atoms with Crippen LogP contribution >= 0.6 is 0 Å². The Kier molecular flexibility index (Phi) is 6.62. The van der Waals surface area contributed by atoms with Gasteiger partial charge in [0.2, 0.25) is 0 Å². The fourth-order valence-electron chi connectivity index (χ4n) is 3.45. The summed E-state index contributed by atoms with van der Waals surface area (Å²) in [6.07, 6.45) is 10.6. The normalized spacial score (nSPS) is 10.3. The highest BCUT2D eigenvalue weighted by Gasteiger charge is 2.17. The number of nitrogens with two attached hydrogens (primary N) is 2. The molecule has 0 aliphatic carbocycles. The van der Waals surface area contributed by atoms with Gasteiger partial charge in [-0.05, 0) is 71.2 Å². The molecule has 26 heavy (non-hydrogen) atoms. The lowest BCUT2D eigenvalue weighted by Gasteiger charge is -2.20. The second-order valence-corrected chi connectivity index (χ2v) is 6.29. The van der Waals surface area contributed by atoms with Crippen molar-refractivity contribution in [2.24, 2.45) is 0 Å². The summed E-state index contributed by atoms with van der Waals surface area (Å²) >= 11 is 0. The molecular formula is C24H28N2. The van der Waals surface area contributed by atoms with Crippen LogP contribution in [0.15, 0.2) is 74.9 Å². The minimum atomic E-state index is 0.730. The molecule has 0 fully saturated rings. The zero-order chi connectivity index (χ0) is 19.1. The Morgan fingerprint density at radius 3 is 1.15 bits per heavy atom. The Morgan fingerprint density at radius 1 is 0.538 bits per heavy atom. The van der Waals surface area contributed by atoms with Gasteiger partial charge in [0.05, 0.1) is 0 Å². The van der Waals surface area contributed by atoms with Gasteiger partial charge in [-0.15, -0.1) is 26.3 Å². The van der Waals surface area contributed by atoms with Crippen molar-refractivity contribution in [3.8, 4) is 11.1 Å². The lowest BCUT2D eigenvalue weighted by Crippen LogP contribution is -2.05. The third-order valence-corrected chi connectivity index (χ3v) is 4.62. The number of rotatable bonds is 9. The SMILES string of the molecule is C=CCc1c(N)ccc(-c2ccc(N)c(CC=C)c2CC=C)c1CC=C. The second-order valence-electron chi connectivity index (χ2n) is 6.29. The molecule has 2 heteroatoms. The zero-order valence-corrected chi connectivity index (χ0v) is 15.4. The lowest BCUT2D eigenvalue weighted by atomic mass is 9.85. The largest absolute Gasteiger partial charge is 0.398 e. The van der Waals surface area contributed by atoms with E-state index in [1.54, 1.807) is 0 Å². The number of benzene rings is 2. The molecule has 0 atom stereocenters. The van der Waals surface area contributed by atoms with E-state index in [-0.39, 0.29) is 0 Å². The maximum atomic E-state index is 6.25. The van der Waals surface area contributed by atoms with Crippen LogP contribution in [0.25, 0.3) is 11.1 Å². The molecule has 0 spiro atoms. The van der Waals surface area contributed by atoms with Crippen LogP contribution < -0.4 is 11.5 Å². The first-order valence-electron chi connectivity index (χ1n) is 8.83. The standard InChI is InChI=1S/C24H28N2/c1-5-9-17-19(13-15-23(25)21(17)11-7-3)20-14-16-24(26)22(12-8-4)18(20)10-6-2/h5-8,13-16H,1-4,9-12,25-26H2. The molecule has 0 bridgehead atoms. The maximum Gasteiger partial charge on any atom is 0.0353 e. The minimum absolute atomic E-state index is 0.730. The van der Waals surface area contributed by atoms with Gasteiger partial charge in [-0.25, -0.2) is 0 Å². The number of anilines is 2. The van der Waals surface area contributed by atoms with E-state index in [0.29, 0.717) is 0 Å². The number of hydrogen-bond acceptors (Lipinski definition) is 2. The summed E-state index contributed by atoms with van der Waals surface area (Å²) in [5, 5.41) is 0. The van der Waals surface area contributed by atoms with E-state index in [9.17, 15) is 0 Å². The van der Waals surface area contributed by atoms with Gasteiger partial charge >= 0.3 is 0 Å². The summed E-state index contributed by atoms with van der Waals surface area (Å²) in [4.78, 5) is 0. The molecule has 0 aliphatic rings. The highest BCUT2D eigenvalue weighted by atomic mass is 14.6. The first-order chi connectivity index (χ1) is 12.6. The molecule has 134 valence electrons. The van der Waals surface area contributed by atoms with Crippen LogP contribution in [0.3, 0.4) is 0 Å². The first kappa shape index (κ1) is 19.3. The number of nitrogen functional groups attached to an aromatic ring is 2. The fourth-order valence-corrected chi connectivity index (χ4v) is 3.45. The first-order valence-corrected chi connectivity index (χ1v) is 8.83. The Hall–Kier alpha value is -3.00. The van der Waals surface area contributed by atoms with Crippen molar-refractivity contribution in [1.29, 1.82) is 0 Å². The molecule has 0 saturated heterocycles. The van der Waals surface area contributed by atoms with Crippen molar-refractivity contribution in [3.63, 3.8) is 0 Å². The van der Waals surface area contributed by atoms with E-state index in [1.807, 2.05) is 36.4 Å². The molecule has 0 aromatic heterocycles. The van der Waals surface area contributed by atoms with E-state index in [2.05, 4.69) is 38.4 Å². The van der Waals surface area contributed by atoms with E-state index in [1.165, 1.54) is 11.1 Å². The predicted molar refractivity (Wildman–Crippen MR) is 116 cm³/mol. The molecule has 2 nitrogen and oxygen atoms in total. The lowest BCUT2D eigenvalue weighted by molar-refractivity contribution is 1.14. The molecule has 2 aromatic rings. The molecule has 4 N–H and O–H groups in total. The monoisotopic (exact) mass is 344 g/mol. The minimum Gasteiger partial charge on any atom is -0.398 e. The summed E-state index contributed by atoms with van der Waals surface area (Å²) in [6, 6.07) is 8.14. The molecule has 0 radical (unpaired) electrons. The van der Waals surface area contributed by atoms with Gasteiger partial charge in [-0.2, -0.15) is 0 Å². The van der Waals surface area contributed by atoms with E-state index >= 15 is 0 Å². The molecule has 0 aliphatic heterocycles. The van der Waals surface area contributed by atoms with Gasteiger partial charge in [0, 0.05) is 11.4 Å². The average molecular weight is 345 g/mol. The third-order valence-electron chi connectivity index (χ3n) is 4.62. The predicted octanol–water partition coefficient (Wildman–Crippen LogP) is 5.43. The van der Waals surface area contributed by atoms with Crippen molar-refractivity contribution in [2.45, 2.75) is 25.7 Å². The molecule has 0 heterocycles. The van der Waals surface area contributed by atoms with Crippen molar-refractivity contribution < 1.29 is 0 Å². The van der Waals surface area contributed by atoms with Gasteiger partial charge in [-0.3, -0.25) is 0 Å². The number of hydrogen-bond donors (Lipinski definition) is 2. The Morgan fingerprint density at radius 2 is 0.846 bits per heavy atom. The smallest absolute Gasteiger partial charge is 0.0353 e. The average Bonchev–Trinajstić information content (AvgIpc) is 2.62. The quantitative estimate of drug-likeness (QED) is 0.470. The Balaban J connectivity index is 2.82. The third kappa shape index (κ3) is 3.80. The van der Waals surface area contributed by atoms with Crippen LogP contribution in [0.2, 0.25) is 0 Å². The van der Waals surface area contributed by atoms with Crippen LogP contribution in [-0.4, -0.2) is 0 Å². The van der Waals surface area contributed by atoms with Crippen LogP contribution in [0.1, 0.15) is 22.3 Å². The number of allylic oxidation sites excluding steroid dienone is 4. The maximum absolute atomic E-state index is 6.25. The molecular weight excluding hydrogens is 316 g/mol. The molecule has 2 aromatic carbocycles. The Labute approximate surface area is 157 Å². The van der Waals surface area contributed by atoms with Crippen molar-refractivity contribution in [1.82, 2.24) is 0 Å². The summed E-state index contributed by atoms with van der Waals surface area (Å²) in [7, 11) is 0. The highest BCUT2D eigenvalue weighted by Crippen LogP contribution is 2.36. The van der Waals surface area contributed by atoms with E-state index in [4.69, 9.17) is 11.5 Å². The highest BCUT2D eigenvalue weighted by molar-refractivity contribution is 5.79.